The minimum Gasteiger partial charge on any atom is -0.508 e. The molecule has 9 heteroatoms. The summed E-state index contributed by atoms with van der Waals surface area (Å²) in [7, 11) is 0. The third kappa shape index (κ3) is 7.84. The number of hydrogen-bond acceptors (Lipinski definition) is 7. The highest BCUT2D eigenvalue weighted by Crippen LogP contribution is 2.42. The van der Waals surface area contributed by atoms with Crippen molar-refractivity contribution in [3.63, 3.8) is 0 Å². The van der Waals surface area contributed by atoms with E-state index in [1.54, 1.807) is 36.4 Å². The second-order valence-corrected chi connectivity index (χ2v) is 12.5. The van der Waals surface area contributed by atoms with Gasteiger partial charge in [-0.1, -0.05) is 50.2 Å². The van der Waals surface area contributed by atoms with Gasteiger partial charge in [0.15, 0.2) is 5.43 Å². The minimum atomic E-state index is -1.15. The Morgan fingerprint density at radius 1 is 0.750 bits per heavy atom. The van der Waals surface area contributed by atoms with E-state index < -0.39 is 5.97 Å². The molecule has 0 radical (unpaired) electrons. The summed E-state index contributed by atoms with van der Waals surface area (Å²) >= 11 is 0. The van der Waals surface area contributed by atoms with Crippen molar-refractivity contribution in [2.45, 2.75) is 46.1 Å². The van der Waals surface area contributed by atoms with Crippen LogP contribution in [0.25, 0.3) is 44.6 Å². The second kappa shape index (κ2) is 15.7. The zero-order valence-electron chi connectivity index (χ0n) is 28.9. The Labute approximate surface area is 300 Å². The number of carboxylic acid groups (broad SMARTS) is 1. The largest absolute Gasteiger partial charge is 0.508 e. The second-order valence-electron chi connectivity index (χ2n) is 12.5. The van der Waals surface area contributed by atoms with Gasteiger partial charge in [-0.25, -0.2) is 4.79 Å². The molecule has 4 N–H and O–H groups in total. The molecule has 4 aromatic carbocycles. The van der Waals surface area contributed by atoms with Crippen molar-refractivity contribution in [2.75, 3.05) is 6.61 Å². The lowest BCUT2D eigenvalue weighted by Crippen LogP contribution is -2.23. The van der Waals surface area contributed by atoms with Crippen LogP contribution in [0.2, 0.25) is 0 Å². The first-order chi connectivity index (χ1) is 25.1. The maximum absolute atomic E-state index is 12.7. The molecule has 0 bridgehead atoms. The van der Waals surface area contributed by atoms with Crippen LogP contribution in [0.4, 0.5) is 0 Å². The molecule has 52 heavy (non-hydrogen) atoms. The Balaban J connectivity index is 1.08. The van der Waals surface area contributed by atoms with Gasteiger partial charge in [0.25, 0.3) is 0 Å². The lowest BCUT2D eigenvalue weighted by molar-refractivity contribution is -0.121. The van der Waals surface area contributed by atoms with Crippen molar-refractivity contribution in [1.82, 2.24) is 5.32 Å². The summed E-state index contributed by atoms with van der Waals surface area (Å²) in [6.45, 7) is 4.75. The number of rotatable bonds is 13. The number of fused-ring (bicyclic) bond motifs is 2. The van der Waals surface area contributed by atoms with Crippen LogP contribution in [0.5, 0.6) is 17.2 Å². The molecule has 1 aliphatic heterocycles. The highest BCUT2D eigenvalue weighted by molar-refractivity contribution is 6.07. The first-order valence-electron chi connectivity index (χ1n) is 17.2. The number of amides is 1. The fourth-order valence-electron chi connectivity index (χ4n) is 6.56. The highest BCUT2D eigenvalue weighted by Gasteiger charge is 2.22. The van der Waals surface area contributed by atoms with Gasteiger partial charge < -0.3 is 29.8 Å². The molecule has 9 nitrogen and oxygen atoms in total. The molecular formula is C43H39NO8. The van der Waals surface area contributed by atoms with Gasteiger partial charge in [0, 0.05) is 41.6 Å². The van der Waals surface area contributed by atoms with Crippen LogP contribution in [-0.2, 0) is 11.3 Å². The van der Waals surface area contributed by atoms with Gasteiger partial charge >= 0.3 is 5.97 Å². The van der Waals surface area contributed by atoms with E-state index in [2.05, 4.69) is 19.2 Å². The molecule has 1 aliphatic carbocycles. The van der Waals surface area contributed by atoms with E-state index in [0.29, 0.717) is 52.0 Å². The quantitative estimate of drug-likeness (QED) is 0.0532. The van der Waals surface area contributed by atoms with Gasteiger partial charge in [-0.05, 0) is 107 Å². The van der Waals surface area contributed by atoms with E-state index in [1.807, 2.05) is 36.4 Å². The molecular weight excluding hydrogens is 658 g/mol. The summed E-state index contributed by atoms with van der Waals surface area (Å²) in [5, 5.41) is 33.4. The van der Waals surface area contributed by atoms with Crippen LogP contribution in [0.3, 0.4) is 0 Å². The molecule has 0 unspecified atom stereocenters. The van der Waals surface area contributed by atoms with Crippen LogP contribution in [-0.4, -0.2) is 33.8 Å². The summed E-state index contributed by atoms with van der Waals surface area (Å²) in [4.78, 5) is 37.3. The molecule has 0 saturated heterocycles. The Bertz CT molecular complexity index is 2300. The van der Waals surface area contributed by atoms with E-state index in [4.69, 9.17) is 9.15 Å². The Morgan fingerprint density at radius 3 is 2.08 bits per heavy atom. The summed E-state index contributed by atoms with van der Waals surface area (Å²) in [5.74, 6) is -0.149. The predicted octanol–water partition coefficient (Wildman–Crippen LogP) is 8.88. The topological polar surface area (TPSA) is 146 Å². The van der Waals surface area contributed by atoms with E-state index in [1.165, 1.54) is 41.5 Å². The maximum atomic E-state index is 12.7. The van der Waals surface area contributed by atoms with E-state index in [0.717, 1.165) is 24.0 Å². The third-order valence-corrected chi connectivity index (χ3v) is 9.06. The molecule has 0 spiro atoms. The normalized spacial score (nSPS) is 11.7. The van der Waals surface area contributed by atoms with Crippen molar-refractivity contribution in [3.8, 4) is 39.7 Å². The van der Waals surface area contributed by atoms with Crippen LogP contribution in [0.1, 0.15) is 66.6 Å². The van der Waals surface area contributed by atoms with Gasteiger partial charge in [0.2, 0.25) is 5.91 Å². The Hall–Kier alpha value is -6.35. The van der Waals surface area contributed by atoms with Crippen LogP contribution < -0.4 is 15.5 Å². The summed E-state index contributed by atoms with van der Waals surface area (Å²) in [6.07, 6.45) is 2.44. The smallest absolute Gasteiger partial charge is 0.336 e. The number of carbonyl (C=O) groups is 2. The molecule has 6 rings (SSSR count). The number of phenols is 2. The molecule has 264 valence electrons. The molecule has 0 aromatic heterocycles. The van der Waals surface area contributed by atoms with Crippen molar-refractivity contribution in [3.05, 3.63) is 136 Å². The van der Waals surface area contributed by atoms with Gasteiger partial charge in [-0.15, -0.1) is 0 Å². The zero-order chi connectivity index (χ0) is 36.8. The number of aromatic carboxylic acids is 1. The molecule has 1 heterocycles. The van der Waals surface area contributed by atoms with Gasteiger partial charge in [-0.3, -0.25) is 9.59 Å². The summed E-state index contributed by atoms with van der Waals surface area (Å²) in [6, 6.07) is 29.1. The number of carboxylic acids is 1. The molecule has 4 aromatic rings. The number of aromatic hydroxyl groups is 2. The summed E-state index contributed by atoms with van der Waals surface area (Å²) in [5.41, 5.74) is 6.85. The monoisotopic (exact) mass is 697 g/mol. The van der Waals surface area contributed by atoms with Crippen LogP contribution >= 0.6 is 0 Å². The third-order valence-electron chi connectivity index (χ3n) is 9.06. The van der Waals surface area contributed by atoms with Gasteiger partial charge in [-0.2, -0.15) is 0 Å². The van der Waals surface area contributed by atoms with Crippen LogP contribution in [0, 0.1) is 0 Å². The first kappa shape index (κ1) is 35.5. The van der Waals surface area contributed by atoms with Crippen molar-refractivity contribution in [1.29, 1.82) is 0 Å². The molecule has 2 aliphatic rings. The van der Waals surface area contributed by atoms with Crippen LogP contribution in [0.15, 0.2) is 112 Å². The standard InChI is InChI=1S/C43H39NO8/c1-3-33(27-8-12-29(45)13-9-27)34(4-2)28-10-16-32(17-11-28)51-21-5-6-41(48)44-25-26-7-18-35(38(22-26)43(49)50)42-36-19-14-30(46)23-39(36)52-40-24-31(47)15-20-37(40)42/h7-20,22-24,45-46H,3-6,21,25H2,1-2H3,(H,44,48)(H,49,50)/b34-33+. The van der Waals surface area contributed by atoms with E-state index >= 15 is 0 Å². The molecule has 1 amide bonds. The fraction of sp³-hybridized carbons (Fsp3) is 0.186. The molecule has 0 saturated carbocycles. The number of nitrogens with one attached hydrogen (secondary N) is 1. The van der Waals surface area contributed by atoms with Crippen molar-refractivity contribution >= 4 is 34.0 Å². The predicted molar refractivity (Wildman–Crippen MR) is 202 cm³/mol. The Morgan fingerprint density at radius 2 is 1.40 bits per heavy atom. The maximum Gasteiger partial charge on any atom is 0.336 e. The number of benzene rings is 5. The zero-order valence-corrected chi connectivity index (χ0v) is 28.9. The first-order valence-corrected chi connectivity index (χ1v) is 17.2. The molecule has 0 fully saturated rings. The highest BCUT2D eigenvalue weighted by atomic mass is 16.5. The lowest BCUT2D eigenvalue weighted by Gasteiger charge is -2.17. The van der Waals surface area contributed by atoms with E-state index in [9.17, 15) is 29.7 Å². The average Bonchev–Trinajstić information content (AvgIpc) is 3.14. The number of phenolic OH excluding ortho intramolecular Hbond substituents is 2. The van der Waals surface area contributed by atoms with E-state index in [-0.39, 0.29) is 47.1 Å². The minimum absolute atomic E-state index is 0.0204. The number of allylic oxidation sites excluding steroid dienone is 2. The molecule has 0 atom stereocenters. The van der Waals surface area contributed by atoms with Gasteiger partial charge in [0.1, 0.15) is 28.6 Å². The Kier molecular flexibility index (Phi) is 10.7. The summed E-state index contributed by atoms with van der Waals surface area (Å²) < 4.78 is 11.8. The van der Waals surface area contributed by atoms with Crippen molar-refractivity contribution in [2.24, 2.45) is 0 Å². The fourth-order valence-corrected chi connectivity index (χ4v) is 6.56. The lowest BCUT2D eigenvalue weighted by atomic mass is 9.90. The average molecular weight is 698 g/mol. The number of carbonyl (C=O) groups excluding carboxylic acids is 1. The van der Waals surface area contributed by atoms with Crippen molar-refractivity contribution < 1.29 is 34.1 Å². The van der Waals surface area contributed by atoms with Gasteiger partial charge in [0.05, 0.1) is 12.2 Å². The number of ether oxygens (including phenoxy) is 1. The number of hydrogen-bond donors (Lipinski definition) is 4. The SMILES string of the molecule is CC/C(=C(/CC)c1ccc(OCCCC(=O)NCc2ccc(-c3c4ccc(=O)cc-4oc4cc(O)ccc34)c(C(=O)O)c2)cc1)c1ccc(O)cc1.